The number of nitrogens with one attached hydrogen (secondary N) is 2. The summed E-state index contributed by atoms with van der Waals surface area (Å²) in [7, 11) is 0. The van der Waals surface area contributed by atoms with Crippen molar-refractivity contribution in [2.24, 2.45) is 0 Å². The molecule has 0 aromatic rings. The largest absolute Gasteiger partial charge is 0.397 e. The molecule has 0 bridgehead atoms. The van der Waals surface area contributed by atoms with Gasteiger partial charge in [0.1, 0.15) is 12.5 Å². The first kappa shape index (κ1) is 14.7. The summed E-state index contributed by atoms with van der Waals surface area (Å²) in [6, 6.07) is -0.867. The zero-order valence-corrected chi connectivity index (χ0v) is 10.0. The zero-order valence-electron chi connectivity index (χ0n) is 10.0. The van der Waals surface area contributed by atoms with E-state index in [0.717, 1.165) is 4.90 Å². The van der Waals surface area contributed by atoms with Crippen molar-refractivity contribution in [3.8, 4) is 0 Å². The lowest BCUT2D eigenvalue weighted by Crippen LogP contribution is -2.60. The molecule has 2 N–H and O–H groups in total. The first-order chi connectivity index (χ1) is 8.35. The highest BCUT2D eigenvalue weighted by atomic mass is 19.4. The first-order valence-electron chi connectivity index (χ1n) is 5.70. The van der Waals surface area contributed by atoms with E-state index in [2.05, 4.69) is 10.6 Å². The van der Waals surface area contributed by atoms with Crippen LogP contribution in [0, 0.1) is 0 Å². The van der Waals surface area contributed by atoms with Gasteiger partial charge in [-0.1, -0.05) is 0 Å². The number of hydrogen-bond donors (Lipinski definition) is 2. The summed E-state index contributed by atoms with van der Waals surface area (Å²) in [5.41, 5.74) is 0. The second-order valence-electron chi connectivity index (χ2n) is 3.99. The summed E-state index contributed by atoms with van der Waals surface area (Å²) in [5.74, 6) is -1.49. The molecule has 1 rings (SSSR count). The molecule has 2 amide bonds. The number of likely N-dealkylation sites (N-methyl/N-ethyl adjacent to an activating group) is 1. The van der Waals surface area contributed by atoms with Crippen LogP contribution in [0.4, 0.5) is 13.2 Å². The number of hydrogen-bond acceptors (Lipinski definition) is 3. The third-order valence-electron chi connectivity index (χ3n) is 2.57. The Morgan fingerprint density at radius 2 is 2.11 bits per heavy atom. The number of amides is 2. The molecule has 1 aliphatic heterocycles. The third kappa shape index (κ3) is 4.17. The van der Waals surface area contributed by atoms with Crippen LogP contribution >= 0.6 is 0 Å². The molecule has 1 aliphatic rings. The van der Waals surface area contributed by atoms with Crippen LogP contribution in [-0.4, -0.2) is 55.1 Å². The van der Waals surface area contributed by atoms with Crippen LogP contribution in [-0.2, 0) is 9.59 Å². The summed E-state index contributed by atoms with van der Waals surface area (Å²) in [6.45, 7) is 2.75. The summed E-state index contributed by atoms with van der Waals surface area (Å²) >= 11 is 0. The number of halogens is 3. The van der Waals surface area contributed by atoms with Gasteiger partial charge in [-0.3, -0.25) is 9.59 Å². The van der Waals surface area contributed by atoms with Crippen LogP contribution in [0.1, 0.15) is 13.3 Å². The number of nitrogens with zero attached hydrogens (tertiary/aromatic N) is 1. The van der Waals surface area contributed by atoms with Crippen molar-refractivity contribution in [2.75, 3.05) is 26.2 Å². The molecule has 8 heteroatoms. The van der Waals surface area contributed by atoms with E-state index in [1.807, 2.05) is 0 Å². The lowest BCUT2D eigenvalue weighted by atomic mass is 10.1. The smallest absolute Gasteiger partial charge is 0.355 e. The molecule has 1 atom stereocenters. The Hall–Kier alpha value is -1.31. The van der Waals surface area contributed by atoms with Crippen LogP contribution in [0.2, 0.25) is 0 Å². The van der Waals surface area contributed by atoms with E-state index in [1.165, 1.54) is 0 Å². The second-order valence-corrected chi connectivity index (χ2v) is 3.99. The van der Waals surface area contributed by atoms with Crippen molar-refractivity contribution in [1.82, 2.24) is 15.5 Å². The molecule has 18 heavy (non-hydrogen) atoms. The number of carbonyl (C=O) groups excluding carboxylic acids is 2. The van der Waals surface area contributed by atoms with E-state index in [0.29, 0.717) is 13.1 Å². The van der Waals surface area contributed by atoms with Crippen LogP contribution in [0.25, 0.3) is 0 Å². The van der Waals surface area contributed by atoms with Gasteiger partial charge in [0.15, 0.2) is 0 Å². The van der Waals surface area contributed by atoms with E-state index in [-0.39, 0.29) is 13.1 Å². The van der Waals surface area contributed by atoms with Gasteiger partial charge in [-0.15, -0.1) is 0 Å². The Kier molecular flexibility index (Phi) is 4.94. The Balaban J connectivity index is 2.70. The fraction of sp³-hybridized carbons (Fsp3) is 0.800. The number of alkyl halides is 3. The third-order valence-corrected chi connectivity index (χ3v) is 2.57. The summed E-state index contributed by atoms with van der Waals surface area (Å²) in [4.78, 5) is 24.2. The number of piperazine rings is 1. The maximum absolute atomic E-state index is 12.2. The molecule has 0 aromatic carbocycles. The highest BCUT2D eigenvalue weighted by Crippen LogP contribution is 2.21. The molecule has 1 heterocycles. The van der Waals surface area contributed by atoms with Crippen molar-refractivity contribution < 1.29 is 22.8 Å². The minimum atomic E-state index is -4.55. The van der Waals surface area contributed by atoms with Gasteiger partial charge in [0.2, 0.25) is 11.8 Å². The summed E-state index contributed by atoms with van der Waals surface area (Å²) in [6.07, 6.45) is -6.07. The van der Waals surface area contributed by atoms with Crippen molar-refractivity contribution in [3.63, 3.8) is 0 Å². The SMILES string of the molecule is CCNC(=O)C1CNCCN1C(=O)CC(F)(F)F. The van der Waals surface area contributed by atoms with E-state index in [1.54, 1.807) is 6.92 Å². The minimum Gasteiger partial charge on any atom is -0.355 e. The van der Waals surface area contributed by atoms with Crippen molar-refractivity contribution in [3.05, 3.63) is 0 Å². The fourth-order valence-electron chi connectivity index (χ4n) is 1.80. The topological polar surface area (TPSA) is 61.4 Å². The minimum absolute atomic E-state index is 0.108. The quantitative estimate of drug-likeness (QED) is 0.749. The van der Waals surface area contributed by atoms with Crippen LogP contribution in [0.15, 0.2) is 0 Å². The van der Waals surface area contributed by atoms with Gasteiger partial charge >= 0.3 is 6.18 Å². The predicted molar refractivity (Wildman–Crippen MR) is 57.7 cm³/mol. The molecular formula is C10H16F3N3O2. The first-order valence-corrected chi connectivity index (χ1v) is 5.70. The van der Waals surface area contributed by atoms with E-state index in [4.69, 9.17) is 0 Å². The average Bonchev–Trinajstić information content (AvgIpc) is 2.27. The number of carbonyl (C=O) groups is 2. The van der Waals surface area contributed by atoms with Gasteiger partial charge in [0, 0.05) is 26.2 Å². The van der Waals surface area contributed by atoms with Gasteiger partial charge in [-0.25, -0.2) is 0 Å². The summed E-state index contributed by atoms with van der Waals surface area (Å²) < 4.78 is 36.5. The van der Waals surface area contributed by atoms with Gasteiger partial charge in [-0.2, -0.15) is 13.2 Å². The molecule has 1 saturated heterocycles. The van der Waals surface area contributed by atoms with Gasteiger partial charge in [-0.05, 0) is 6.92 Å². The Labute approximate surface area is 103 Å². The molecular weight excluding hydrogens is 251 g/mol. The maximum atomic E-state index is 12.2. The monoisotopic (exact) mass is 267 g/mol. The normalized spacial score (nSPS) is 20.7. The summed E-state index contributed by atoms with van der Waals surface area (Å²) in [5, 5.41) is 5.39. The Morgan fingerprint density at radius 3 is 2.67 bits per heavy atom. The highest BCUT2D eigenvalue weighted by Gasteiger charge is 2.38. The molecule has 0 spiro atoms. The van der Waals surface area contributed by atoms with E-state index in [9.17, 15) is 22.8 Å². The van der Waals surface area contributed by atoms with E-state index >= 15 is 0 Å². The van der Waals surface area contributed by atoms with Crippen molar-refractivity contribution >= 4 is 11.8 Å². The van der Waals surface area contributed by atoms with Crippen molar-refractivity contribution in [1.29, 1.82) is 0 Å². The molecule has 0 aliphatic carbocycles. The standard InChI is InChI=1S/C10H16F3N3O2/c1-2-15-9(18)7-6-14-3-4-16(7)8(17)5-10(11,12)13/h7,14H,2-6H2,1H3,(H,15,18). The lowest BCUT2D eigenvalue weighted by molar-refractivity contribution is -0.165. The van der Waals surface area contributed by atoms with Crippen LogP contribution in [0.3, 0.4) is 0 Å². The van der Waals surface area contributed by atoms with Crippen LogP contribution in [0.5, 0.6) is 0 Å². The average molecular weight is 267 g/mol. The molecule has 1 fully saturated rings. The molecule has 0 saturated carbocycles. The van der Waals surface area contributed by atoms with Crippen molar-refractivity contribution in [2.45, 2.75) is 25.6 Å². The predicted octanol–water partition coefficient (Wildman–Crippen LogP) is -0.125. The molecule has 5 nitrogen and oxygen atoms in total. The number of rotatable bonds is 3. The Morgan fingerprint density at radius 1 is 1.44 bits per heavy atom. The van der Waals surface area contributed by atoms with E-state index < -0.39 is 30.5 Å². The molecule has 104 valence electrons. The zero-order chi connectivity index (χ0) is 13.8. The molecule has 1 unspecified atom stereocenters. The maximum Gasteiger partial charge on any atom is 0.397 e. The second kappa shape index (κ2) is 6.03. The van der Waals surface area contributed by atoms with Gasteiger partial charge in [0.25, 0.3) is 0 Å². The molecule has 0 aromatic heterocycles. The van der Waals surface area contributed by atoms with Gasteiger partial charge < -0.3 is 15.5 Å². The van der Waals surface area contributed by atoms with Gasteiger partial charge in [0.05, 0.1) is 0 Å². The highest BCUT2D eigenvalue weighted by molar-refractivity contribution is 5.88. The Bertz CT molecular complexity index is 320. The van der Waals surface area contributed by atoms with Crippen LogP contribution < -0.4 is 10.6 Å². The molecule has 0 radical (unpaired) electrons. The lowest BCUT2D eigenvalue weighted by Gasteiger charge is -2.35. The fourth-order valence-corrected chi connectivity index (χ4v) is 1.80.